The van der Waals surface area contributed by atoms with Gasteiger partial charge in [0.1, 0.15) is 11.6 Å². The van der Waals surface area contributed by atoms with Gasteiger partial charge in [-0.2, -0.15) is 21.3 Å². The molecule has 2 aromatic rings. The van der Waals surface area contributed by atoms with Gasteiger partial charge in [-0.05, 0) is 28.8 Å². The van der Waals surface area contributed by atoms with Crippen LogP contribution in [0.2, 0.25) is 0 Å². The predicted molar refractivity (Wildman–Crippen MR) is 81.7 cm³/mol. The van der Waals surface area contributed by atoms with Crippen LogP contribution in [-0.2, 0) is 6.54 Å². The van der Waals surface area contributed by atoms with Gasteiger partial charge in [0.25, 0.3) is 0 Å². The first-order chi connectivity index (χ1) is 9.19. The molecule has 0 unspecified atom stereocenters. The summed E-state index contributed by atoms with van der Waals surface area (Å²) in [5.74, 6) is 1.91. The SMILES string of the molecule is CCCNc1cc(N(C)Cc2ccsc2)nc(N)n1. The van der Waals surface area contributed by atoms with E-state index >= 15 is 0 Å². The van der Waals surface area contributed by atoms with Crippen molar-refractivity contribution in [3.63, 3.8) is 0 Å². The fraction of sp³-hybridized carbons (Fsp3) is 0.385. The molecule has 2 rings (SSSR count). The first kappa shape index (κ1) is 13.6. The molecule has 0 aliphatic rings. The minimum atomic E-state index is 0.299. The zero-order valence-electron chi connectivity index (χ0n) is 11.3. The lowest BCUT2D eigenvalue weighted by Crippen LogP contribution is -2.18. The molecule has 0 aliphatic heterocycles. The standard InChI is InChI=1S/C13H19N5S/c1-3-5-15-11-7-12(17-13(14)16-11)18(2)8-10-4-6-19-9-10/h4,6-7,9H,3,5,8H2,1-2H3,(H3,14,15,16,17). The zero-order chi connectivity index (χ0) is 13.7. The second kappa shape index (κ2) is 6.38. The average molecular weight is 277 g/mol. The van der Waals surface area contributed by atoms with Crippen LogP contribution in [-0.4, -0.2) is 23.6 Å². The van der Waals surface area contributed by atoms with Crippen molar-refractivity contribution < 1.29 is 0 Å². The Labute approximate surface area is 117 Å². The molecule has 102 valence electrons. The molecule has 0 aromatic carbocycles. The van der Waals surface area contributed by atoms with Crippen LogP contribution < -0.4 is 16.0 Å². The van der Waals surface area contributed by atoms with E-state index in [2.05, 4.69) is 43.9 Å². The highest BCUT2D eigenvalue weighted by molar-refractivity contribution is 7.07. The topological polar surface area (TPSA) is 67.1 Å². The highest BCUT2D eigenvalue weighted by Crippen LogP contribution is 2.18. The lowest BCUT2D eigenvalue weighted by atomic mass is 10.3. The molecule has 19 heavy (non-hydrogen) atoms. The Morgan fingerprint density at radius 2 is 2.26 bits per heavy atom. The fourth-order valence-electron chi connectivity index (χ4n) is 1.73. The number of nitrogens with zero attached hydrogens (tertiary/aromatic N) is 3. The summed E-state index contributed by atoms with van der Waals surface area (Å²) in [5, 5.41) is 7.44. The summed E-state index contributed by atoms with van der Waals surface area (Å²) in [5.41, 5.74) is 7.03. The van der Waals surface area contributed by atoms with Crippen molar-refractivity contribution in [1.29, 1.82) is 0 Å². The van der Waals surface area contributed by atoms with Crippen LogP contribution in [0.1, 0.15) is 18.9 Å². The number of hydrogen-bond acceptors (Lipinski definition) is 6. The summed E-state index contributed by atoms with van der Waals surface area (Å²) in [6, 6.07) is 4.04. The highest BCUT2D eigenvalue weighted by atomic mass is 32.1. The van der Waals surface area contributed by atoms with Crippen molar-refractivity contribution in [1.82, 2.24) is 9.97 Å². The van der Waals surface area contributed by atoms with Crippen molar-refractivity contribution >= 4 is 28.9 Å². The Balaban J connectivity index is 2.11. The van der Waals surface area contributed by atoms with Crippen molar-refractivity contribution in [2.45, 2.75) is 19.9 Å². The first-order valence-electron chi connectivity index (χ1n) is 6.29. The van der Waals surface area contributed by atoms with Crippen molar-refractivity contribution in [3.8, 4) is 0 Å². The number of hydrogen-bond donors (Lipinski definition) is 2. The zero-order valence-corrected chi connectivity index (χ0v) is 12.1. The van der Waals surface area contributed by atoms with E-state index in [1.807, 2.05) is 13.1 Å². The van der Waals surface area contributed by atoms with E-state index in [1.165, 1.54) is 5.56 Å². The van der Waals surface area contributed by atoms with Gasteiger partial charge < -0.3 is 16.0 Å². The van der Waals surface area contributed by atoms with Gasteiger partial charge in [-0.3, -0.25) is 0 Å². The molecule has 2 aromatic heterocycles. The van der Waals surface area contributed by atoms with Gasteiger partial charge in [0.15, 0.2) is 0 Å². The number of nitrogens with two attached hydrogens (primary N) is 1. The predicted octanol–water partition coefficient (Wildman–Crippen LogP) is 2.58. The van der Waals surface area contributed by atoms with Gasteiger partial charge in [0, 0.05) is 26.2 Å². The number of thiophene rings is 1. The molecular formula is C13H19N5S. The van der Waals surface area contributed by atoms with E-state index in [4.69, 9.17) is 5.73 Å². The molecule has 0 saturated carbocycles. The van der Waals surface area contributed by atoms with Crippen molar-refractivity contribution in [3.05, 3.63) is 28.5 Å². The largest absolute Gasteiger partial charge is 0.370 e. The van der Waals surface area contributed by atoms with Gasteiger partial charge in [-0.25, -0.2) is 0 Å². The molecule has 2 heterocycles. The lowest BCUT2D eigenvalue weighted by molar-refractivity contribution is 0.894. The number of nitrogen functional groups attached to an aromatic ring is 1. The van der Waals surface area contributed by atoms with Crippen LogP contribution in [0.3, 0.4) is 0 Å². The van der Waals surface area contributed by atoms with Crippen molar-refractivity contribution in [2.75, 3.05) is 29.5 Å². The quantitative estimate of drug-likeness (QED) is 0.849. The van der Waals surface area contributed by atoms with Crippen LogP contribution in [0.15, 0.2) is 22.9 Å². The Morgan fingerprint density at radius 3 is 2.95 bits per heavy atom. The van der Waals surface area contributed by atoms with Crippen LogP contribution in [0.25, 0.3) is 0 Å². The van der Waals surface area contributed by atoms with Crippen LogP contribution in [0.4, 0.5) is 17.6 Å². The molecule has 5 nitrogen and oxygen atoms in total. The molecule has 0 aliphatic carbocycles. The number of nitrogens with one attached hydrogen (secondary N) is 1. The smallest absolute Gasteiger partial charge is 0.223 e. The lowest BCUT2D eigenvalue weighted by Gasteiger charge is -2.18. The third-order valence-electron chi connectivity index (χ3n) is 2.68. The minimum absolute atomic E-state index is 0.299. The van der Waals surface area contributed by atoms with Gasteiger partial charge in [-0.15, -0.1) is 0 Å². The second-order valence-electron chi connectivity index (χ2n) is 4.38. The molecular weight excluding hydrogens is 258 g/mol. The van der Waals surface area contributed by atoms with Gasteiger partial charge >= 0.3 is 0 Å². The third kappa shape index (κ3) is 3.82. The van der Waals surface area contributed by atoms with E-state index in [0.717, 1.165) is 31.1 Å². The second-order valence-corrected chi connectivity index (χ2v) is 5.16. The fourth-order valence-corrected chi connectivity index (χ4v) is 2.39. The van der Waals surface area contributed by atoms with E-state index < -0.39 is 0 Å². The monoisotopic (exact) mass is 277 g/mol. The van der Waals surface area contributed by atoms with Crippen LogP contribution in [0.5, 0.6) is 0 Å². The van der Waals surface area contributed by atoms with Gasteiger partial charge in [0.05, 0.1) is 0 Å². The summed E-state index contributed by atoms with van der Waals surface area (Å²) < 4.78 is 0. The molecule has 0 fully saturated rings. The average Bonchev–Trinajstić information content (AvgIpc) is 2.88. The minimum Gasteiger partial charge on any atom is -0.370 e. The van der Waals surface area contributed by atoms with E-state index in [0.29, 0.717) is 5.95 Å². The molecule has 0 spiro atoms. The molecule has 0 radical (unpaired) electrons. The maximum Gasteiger partial charge on any atom is 0.223 e. The Hall–Kier alpha value is -1.82. The van der Waals surface area contributed by atoms with Crippen LogP contribution >= 0.6 is 11.3 Å². The first-order valence-corrected chi connectivity index (χ1v) is 7.24. The molecule has 0 amide bonds. The van der Waals surface area contributed by atoms with E-state index in [1.54, 1.807) is 11.3 Å². The van der Waals surface area contributed by atoms with Gasteiger partial charge in [0.2, 0.25) is 5.95 Å². The summed E-state index contributed by atoms with van der Waals surface area (Å²) in [6.45, 7) is 3.80. The highest BCUT2D eigenvalue weighted by Gasteiger charge is 2.07. The number of aromatic nitrogens is 2. The maximum absolute atomic E-state index is 5.76. The van der Waals surface area contributed by atoms with Crippen LogP contribution in [0, 0.1) is 0 Å². The summed E-state index contributed by atoms with van der Waals surface area (Å²) >= 11 is 1.70. The third-order valence-corrected chi connectivity index (χ3v) is 3.41. The van der Waals surface area contributed by atoms with E-state index in [9.17, 15) is 0 Å². The molecule has 6 heteroatoms. The summed E-state index contributed by atoms with van der Waals surface area (Å²) in [7, 11) is 2.00. The van der Waals surface area contributed by atoms with Crippen molar-refractivity contribution in [2.24, 2.45) is 0 Å². The normalized spacial score (nSPS) is 10.4. The Kier molecular flexibility index (Phi) is 4.57. The molecule has 0 atom stereocenters. The number of anilines is 3. The van der Waals surface area contributed by atoms with Gasteiger partial charge in [-0.1, -0.05) is 6.92 Å². The molecule has 0 bridgehead atoms. The maximum atomic E-state index is 5.76. The summed E-state index contributed by atoms with van der Waals surface area (Å²) in [4.78, 5) is 10.5. The van der Waals surface area contributed by atoms with E-state index in [-0.39, 0.29) is 0 Å². The molecule has 3 N–H and O–H groups in total. The summed E-state index contributed by atoms with van der Waals surface area (Å²) in [6.07, 6.45) is 1.05. The molecule has 0 saturated heterocycles. The Bertz CT molecular complexity index is 512. The Morgan fingerprint density at radius 1 is 1.42 bits per heavy atom. The number of rotatable bonds is 6.